The summed E-state index contributed by atoms with van der Waals surface area (Å²) in [6, 6.07) is 14.0. The number of nitrogens with one attached hydrogen (secondary N) is 1. The molecule has 0 bridgehead atoms. The fraction of sp³-hybridized carbons (Fsp3) is 0.391. The molecule has 1 aromatic heterocycles. The summed E-state index contributed by atoms with van der Waals surface area (Å²) in [4.78, 5) is 6.97. The van der Waals surface area contributed by atoms with Gasteiger partial charge in [0.05, 0.1) is 18.1 Å². The lowest BCUT2D eigenvalue weighted by Crippen LogP contribution is -2.36. The minimum absolute atomic E-state index is 0.0905. The van der Waals surface area contributed by atoms with Crippen LogP contribution in [0.2, 0.25) is 0 Å². The van der Waals surface area contributed by atoms with Crippen molar-refractivity contribution >= 4 is 15.7 Å². The van der Waals surface area contributed by atoms with Gasteiger partial charge in [0.2, 0.25) is 21.7 Å². The minimum atomic E-state index is -3.74. The summed E-state index contributed by atoms with van der Waals surface area (Å²) < 4.78 is 39.4. The van der Waals surface area contributed by atoms with Crippen LogP contribution in [-0.2, 0) is 14.8 Å². The monoisotopic (exact) mass is 456 g/mol. The third-order valence-electron chi connectivity index (χ3n) is 5.49. The highest BCUT2D eigenvalue weighted by molar-refractivity contribution is 7.89. The van der Waals surface area contributed by atoms with E-state index >= 15 is 0 Å². The first kappa shape index (κ1) is 22.4. The number of aryl methyl sites for hydroxylation is 1. The van der Waals surface area contributed by atoms with Crippen LogP contribution in [0, 0.1) is 12.8 Å². The molecule has 0 saturated carbocycles. The Bertz CT molecular complexity index is 1140. The number of hydrogen-bond acceptors (Lipinski definition) is 7. The van der Waals surface area contributed by atoms with Gasteiger partial charge in [-0.15, -0.1) is 0 Å². The van der Waals surface area contributed by atoms with E-state index in [1.54, 1.807) is 24.3 Å². The van der Waals surface area contributed by atoms with Crippen LogP contribution in [0.15, 0.2) is 57.9 Å². The maximum absolute atomic E-state index is 12.9. The van der Waals surface area contributed by atoms with E-state index in [4.69, 9.17) is 9.26 Å². The van der Waals surface area contributed by atoms with Gasteiger partial charge in [-0.25, -0.2) is 8.42 Å². The molecule has 2 heterocycles. The maximum Gasteiger partial charge on any atom is 0.245 e. The molecule has 1 fully saturated rings. The van der Waals surface area contributed by atoms with Crippen molar-refractivity contribution in [2.75, 3.05) is 31.2 Å². The van der Waals surface area contributed by atoms with Crippen LogP contribution in [0.1, 0.15) is 31.3 Å². The summed E-state index contributed by atoms with van der Waals surface area (Å²) >= 11 is 0. The van der Waals surface area contributed by atoms with Crippen molar-refractivity contribution < 1.29 is 17.7 Å². The van der Waals surface area contributed by atoms with Gasteiger partial charge in [-0.05, 0) is 49.2 Å². The first-order valence-corrected chi connectivity index (χ1v) is 12.2. The normalized spacial score (nSPS) is 15.8. The summed E-state index contributed by atoms with van der Waals surface area (Å²) in [6.07, 6.45) is 0. The van der Waals surface area contributed by atoms with Gasteiger partial charge in [0.1, 0.15) is 6.04 Å². The molecule has 0 aliphatic carbocycles. The average Bonchev–Trinajstić information content (AvgIpc) is 3.28. The Morgan fingerprint density at radius 3 is 2.28 bits per heavy atom. The highest BCUT2D eigenvalue weighted by Gasteiger charge is 2.28. The summed E-state index contributed by atoms with van der Waals surface area (Å²) in [6.45, 7) is 8.91. The van der Waals surface area contributed by atoms with E-state index in [-0.39, 0.29) is 16.7 Å². The lowest BCUT2D eigenvalue weighted by molar-refractivity contribution is 0.122. The van der Waals surface area contributed by atoms with Crippen LogP contribution in [0.3, 0.4) is 0 Å². The smallest absolute Gasteiger partial charge is 0.245 e. The largest absolute Gasteiger partial charge is 0.378 e. The van der Waals surface area contributed by atoms with Crippen LogP contribution in [-0.4, -0.2) is 44.9 Å². The predicted octanol–water partition coefficient (Wildman–Crippen LogP) is 3.56. The number of aromatic nitrogens is 2. The SMILES string of the molecule is Cc1ccc(S(=O)(=O)N[C@H](c2nc(-c3ccc(N4CCOCC4)cc3)no2)C(C)C)cc1. The van der Waals surface area contributed by atoms with Gasteiger partial charge < -0.3 is 14.2 Å². The van der Waals surface area contributed by atoms with Crippen molar-refractivity contribution in [2.45, 2.75) is 31.7 Å². The maximum atomic E-state index is 12.9. The van der Waals surface area contributed by atoms with E-state index in [9.17, 15) is 8.42 Å². The molecule has 1 atom stereocenters. The van der Waals surface area contributed by atoms with Crippen molar-refractivity contribution in [1.29, 1.82) is 0 Å². The summed E-state index contributed by atoms with van der Waals surface area (Å²) in [7, 11) is -3.74. The molecule has 1 saturated heterocycles. The van der Waals surface area contributed by atoms with E-state index < -0.39 is 16.1 Å². The van der Waals surface area contributed by atoms with Gasteiger partial charge in [0.25, 0.3) is 0 Å². The van der Waals surface area contributed by atoms with Crippen molar-refractivity contribution in [2.24, 2.45) is 5.92 Å². The number of morpholine rings is 1. The number of rotatable bonds is 7. The van der Waals surface area contributed by atoms with Crippen molar-refractivity contribution in [3.05, 3.63) is 60.0 Å². The van der Waals surface area contributed by atoms with Crippen molar-refractivity contribution in [3.63, 3.8) is 0 Å². The Labute approximate surface area is 188 Å². The van der Waals surface area contributed by atoms with Crippen molar-refractivity contribution in [3.8, 4) is 11.4 Å². The number of nitrogens with zero attached hydrogens (tertiary/aromatic N) is 3. The molecule has 170 valence electrons. The Balaban J connectivity index is 1.53. The highest BCUT2D eigenvalue weighted by atomic mass is 32.2. The second-order valence-corrected chi connectivity index (χ2v) is 9.97. The Morgan fingerprint density at radius 2 is 1.66 bits per heavy atom. The standard InChI is InChI=1S/C23H28N4O4S/c1-16(2)21(26-32(28,29)20-10-4-17(3)5-11-20)23-24-22(25-31-23)18-6-8-19(9-7-18)27-12-14-30-15-13-27/h4-11,16,21,26H,12-15H2,1-3H3/t21-/m0/s1. The van der Waals surface area contributed by atoms with E-state index in [0.717, 1.165) is 43.1 Å². The van der Waals surface area contributed by atoms with Crippen molar-refractivity contribution in [1.82, 2.24) is 14.9 Å². The number of hydrogen-bond donors (Lipinski definition) is 1. The molecule has 32 heavy (non-hydrogen) atoms. The zero-order valence-electron chi connectivity index (χ0n) is 18.5. The number of benzene rings is 2. The zero-order valence-corrected chi connectivity index (χ0v) is 19.3. The molecular weight excluding hydrogens is 428 g/mol. The molecule has 8 nitrogen and oxygen atoms in total. The summed E-state index contributed by atoms with van der Waals surface area (Å²) in [5, 5.41) is 4.09. The molecule has 1 aliphatic heterocycles. The lowest BCUT2D eigenvalue weighted by atomic mass is 10.1. The third-order valence-corrected chi connectivity index (χ3v) is 6.95. The molecular formula is C23H28N4O4S. The van der Waals surface area contributed by atoms with Gasteiger partial charge in [-0.3, -0.25) is 0 Å². The fourth-order valence-corrected chi connectivity index (χ4v) is 4.88. The van der Waals surface area contributed by atoms with Crippen LogP contribution < -0.4 is 9.62 Å². The topological polar surface area (TPSA) is 97.6 Å². The Hall–Kier alpha value is -2.75. The molecule has 0 radical (unpaired) electrons. The number of anilines is 1. The van der Waals surface area contributed by atoms with Crippen LogP contribution >= 0.6 is 0 Å². The molecule has 0 unspecified atom stereocenters. The van der Waals surface area contributed by atoms with Gasteiger partial charge >= 0.3 is 0 Å². The second kappa shape index (κ2) is 9.40. The molecule has 2 aromatic carbocycles. The van der Waals surface area contributed by atoms with Crippen LogP contribution in [0.4, 0.5) is 5.69 Å². The third kappa shape index (κ3) is 5.01. The summed E-state index contributed by atoms with van der Waals surface area (Å²) in [5.74, 6) is 0.573. The Kier molecular flexibility index (Phi) is 6.59. The quantitative estimate of drug-likeness (QED) is 0.580. The fourth-order valence-electron chi connectivity index (χ4n) is 3.55. The lowest BCUT2D eigenvalue weighted by Gasteiger charge is -2.28. The molecule has 1 N–H and O–H groups in total. The van der Waals surface area contributed by atoms with E-state index in [2.05, 4.69) is 19.8 Å². The molecule has 4 rings (SSSR count). The molecule has 0 amide bonds. The van der Waals surface area contributed by atoms with Crippen LogP contribution in [0.5, 0.6) is 0 Å². The summed E-state index contributed by atoms with van der Waals surface area (Å²) in [5.41, 5.74) is 2.91. The van der Waals surface area contributed by atoms with Crippen LogP contribution in [0.25, 0.3) is 11.4 Å². The second-order valence-electron chi connectivity index (χ2n) is 8.26. The van der Waals surface area contributed by atoms with E-state index in [1.807, 2.05) is 45.0 Å². The van der Waals surface area contributed by atoms with Gasteiger partial charge in [0.15, 0.2) is 0 Å². The first-order chi connectivity index (χ1) is 15.3. The molecule has 1 aliphatic rings. The molecule has 0 spiro atoms. The molecule has 3 aromatic rings. The first-order valence-electron chi connectivity index (χ1n) is 10.7. The minimum Gasteiger partial charge on any atom is -0.378 e. The predicted molar refractivity (Wildman–Crippen MR) is 122 cm³/mol. The average molecular weight is 457 g/mol. The number of sulfonamides is 1. The van der Waals surface area contributed by atoms with E-state index in [1.165, 1.54) is 0 Å². The van der Waals surface area contributed by atoms with Gasteiger partial charge in [-0.1, -0.05) is 36.7 Å². The Morgan fingerprint density at radius 1 is 1.00 bits per heavy atom. The van der Waals surface area contributed by atoms with E-state index in [0.29, 0.717) is 5.82 Å². The number of ether oxygens (including phenoxy) is 1. The highest BCUT2D eigenvalue weighted by Crippen LogP contribution is 2.27. The van der Waals surface area contributed by atoms with Gasteiger partial charge in [-0.2, -0.15) is 9.71 Å². The molecule has 9 heteroatoms. The van der Waals surface area contributed by atoms with Gasteiger partial charge in [0, 0.05) is 24.3 Å². The zero-order chi connectivity index (χ0) is 22.7.